The van der Waals surface area contributed by atoms with Crippen LogP contribution in [0.5, 0.6) is 0 Å². The van der Waals surface area contributed by atoms with Gasteiger partial charge in [-0.05, 0) is 38.0 Å². The summed E-state index contributed by atoms with van der Waals surface area (Å²) in [6.45, 7) is 4.00. The summed E-state index contributed by atoms with van der Waals surface area (Å²) >= 11 is 0. The van der Waals surface area contributed by atoms with Gasteiger partial charge >= 0.3 is 0 Å². The summed E-state index contributed by atoms with van der Waals surface area (Å²) in [5, 5.41) is 3.73. The van der Waals surface area contributed by atoms with E-state index in [2.05, 4.69) is 27.1 Å². The molecule has 1 aromatic rings. The number of aromatic nitrogens is 2. The van der Waals surface area contributed by atoms with Gasteiger partial charge in [0.25, 0.3) is 0 Å². The highest BCUT2D eigenvalue weighted by Crippen LogP contribution is 2.42. The Balaban J connectivity index is 1.55. The molecule has 5 nitrogen and oxygen atoms in total. The minimum atomic E-state index is -0.0913. The van der Waals surface area contributed by atoms with E-state index in [4.69, 9.17) is 0 Å². The van der Waals surface area contributed by atoms with Crippen LogP contribution in [0.3, 0.4) is 0 Å². The Morgan fingerprint density at radius 3 is 2.87 bits per heavy atom. The van der Waals surface area contributed by atoms with Crippen molar-refractivity contribution in [3.63, 3.8) is 0 Å². The zero-order chi connectivity index (χ0) is 15.9. The molecule has 2 fully saturated rings. The number of imidazole rings is 1. The number of nitrogens with zero attached hydrogens (tertiary/aromatic N) is 2. The first-order valence-electron chi connectivity index (χ1n) is 9.31. The third kappa shape index (κ3) is 2.80. The number of hydrogen-bond donors (Lipinski definition) is 2. The summed E-state index contributed by atoms with van der Waals surface area (Å²) in [6, 6.07) is -0.0913. The fourth-order valence-electron chi connectivity index (χ4n) is 4.45. The van der Waals surface area contributed by atoms with Gasteiger partial charge in [0.2, 0.25) is 5.91 Å². The van der Waals surface area contributed by atoms with E-state index in [0.717, 1.165) is 44.7 Å². The lowest BCUT2D eigenvalue weighted by molar-refractivity contribution is -0.134. The highest BCUT2D eigenvalue weighted by atomic mass is 16.2. The molecule has 2 N–H and O–H groups in total. The lowest BCUT2D eigenvalue weighted by atomic mass is 9.84. The zero-order valence-electron chi connectivity index (χ0n) is 14.1. The van der Waals surface area contributed by atoms with Crippen LogP contribution in [0.15, 0.2) is 6.33 Å². The highest BCUT2D eigenvalue weighted by Gasteiger charge is 2.46. The van der Waals surface area contributed by atoms with Gasteiger partial charge in [-0.3, -0.25) is 10.1 Å². The first-order valence-corrected chi connectivity index (χ1v) is 9.31. The van der Waals surface area contributed by atoms with E-state index in [1.807, 2.05) is 0 Å². The standard InChI is InChI=1S/C18H28N4O/c1-2-9-22(11-13-5-6-13)17(23)15-10-14-16(20-12-19-14)18(21-15)7-3-4-8-18/h12-13,15,21H,2-11H2,1H3,(H,19,20). The van der Waals surface area contributed by atoms with Crippen molar-refractivity contribution < 1.29 is 4.79 Å². The van der Waals surface area contributed by atoms with Crippen LogP contribution >= 0.6 is 0 Å². The van der Waals surface area contributed by atoms with Crippen LogP contribution in [0.2, 0.25) is 0 Å². The molecule has 1 amide bonds. The van der Waals surface area contributed by atoms with Gasteiger partial charge in [-0.25, -0.2) is 4.98 Å². The van der Waals surface area contributed by atoms with Crippen molar-refractivity contribution >= 4 is 5.91 Å². The molecule has 126 valence electrons. The Labute approximate surface area is 138 Å². The minimum Gasteiger partial charge on any atom is -0.348 e. The van der Waals surface area contributed by atoms with Gasteiger partial charge in [-0.2, -0.15) is 0 Å². The number of rotatable bonds is 5. The van der Waals surface area contributed by atoms with Gasteiger partial charge in [0, 0.05) is 25.2 Å². The summed E-state index contributed by atoms with van der Waals surface area (Å²) in [7, 11) is 0. The van der Waals surface area contributed by atoms with Gasteiger partial charge in [0.15, 0.2) is 0 Å². The lowest BCUT2D eigenvalue weighted by Crippen LogP contribution is -2.58. The Morgan fingerprint density at radius 1 is 1.39 bits per heavy atom. The fourth-order valence-corrected chi connectivity index (χ4v) is 4.45. The third-order valence-corrected chi connectivity index (χ3v) is 5.77. The molecule has 1 unspecified atom stereocenters. The quantitative estimate of drug-likeness (QED) is 0.876. The predicted molar refractivity (Wildman–Crippen MR) is 89.0 cm³/mol. The maximum absolute atomic E-state index is 13.2. The molecule has 4 rings (SSSR count). The lowest BCUT2D eigenvalue weighted by Gasteiger charge is -2.40. The number of carbonyl (C=O) groups excluding carboxylic acids is 1. The van der Waals surface area contributed by atoms with Crippen LogP contribution in [-0.4, -0.2) is 39.9 Å². The van der Waals surface area contributed by atoms with Crippen LogP contribution < -0.4 is 5.32 Å². The van der Waals surface area contributed by atoms with Crippen molar-refractivity contribution in [3.05, 3.63) is 17.7 Å². The molecule has 0 aromatic carbocycles. The van der Waals surface area contributed by atoms with E-state index >= 15 is 0 Å². The SMILES string of the molecule is CCCN(CC1CC1)C(=O)C1Cc2[nH]cnc2C2(CCCC2)N1. The van der Waals surface area contributed by atoms with Crippen LogP contribution in [-0.2, 0) is 16.8 Å². The number of aromatic amines is 1. The maximum atomic E-state index is 13.2. The molecule has 2 heterocycles. The number of nitrogens with one attached hydrogen (secondary N) is 2. The van der Waals surface area contributed by atoms with E-state index < -0.39 is 0 Å². The molecule has 1 spiro atoms. The number of fused-ring (bicyclic) bond motifs is 2. The van der Waals surface area contributed by atoms with Crippen molar-refractivity contribution in [1.29, 1.82) is 0 Å². The fraction of sp³-hybridized carbons (Fsp3) is 0.778. The Bertz CT molecular complexity index is 571. The van der Waals surface area contributed by atoms with Gasteiger partial charge in [-0.15, -0.1) is 0 Å². The molecule has 1 aliphatic heterocycles. The van der Waals surface area contributed by atoms with Gasteiger partial charge < -0.3 is 9.88 Å². The number of carbonyl (C=O) groups is 1. The molecule has 1 atom stereocenters. The molecule has 0 saturated heterocycles. The predicted octanol–water partition coefficient (Wildman–Crippen LogP) is 2.34. The van der Waals surface area contributed by atoms with Crippen LogP contribution in [0.4, 0.5) is 0 Å². The van der Waals surface area contributed by atoms with Gasteiger partial charge in [0.05, 0.1) is 23.6 Å². The summed E-state index contributed by atoms with van der Waals surface area (Å²) in [6.07, 6.45) is 10.8. The van der Waals surface area contributed by atoms with Crippen molar-refractivity contribution in [2.45, 2.75) is 69.9 Å². The minimum absolute atomic E-state index is 0.0641. The van der Waals surface area contributed by atoms with E-state index in [0.29, 0.717) is 5.91 Å². The largest absolute Gasteiger partial charge is 0.348 e. The molecule has 0 bridgehead atoms. The first-order chi connectivity index (χ1) is 11.2. The average molecular weight is 316 g/mol. The maximum Gasteiger partial charge on any atom is 0.240 e. The summed E-state index contributed by atoms with van der Waals surface area (Å²) in [5.74, 6) is 1.04. The van der Waals surface area contributed by atoms with Crippen molar-refractivity contribution in [3.8, 4) is 0 Å². The summed E-state index contributed by atoms with van der Waals surface area (Å²) < 4.78 is 0. The number of amides is 1. The zero-order valence-corrected chi connectivity index (χ0v) is 14.1. The molecule has 1 aromatic heterocycles. The van der Waals surface area contributed by atoms with Crippen molar-refractivity contribution in [1.82, 2.24) is 20.2 Å². The summed E-state index contributed by atoms with van der Waals surface area (Å²) in [5.41, 5.74) is 2.28. The second kappa shape index (κ2) is 5.93. The monoisotopic (exact) mass is 316 g/mol. The Morgan fingerprint density at radius 2 is 2.17 bits per heavy atom. The molecular formula is C18H28N4O. The van der Waals surface area contributed by atoms with Gasteiger partial charge in [0.1, 0.15) is 0 Å². The number of H-pyrrole nitrogens is 1. The smallest absolute Gasteiger partial charge is 0.240 e. The van der Waals surface area contributed by atoms with Crippen LogP contribution in [0.1, 0.15) is 63.3 Å². The Kier molecular flexibility index (Phi) is 3.92. The third-order valence-electron chi connectivity index (χ3n) is 5.77. The van der Waals surface area contributed by atoms with Crippen molar-refractivity contribution in [2.24, 2.45) is 5.92 Å². The van der Waals surface area contributed by atoms with Crippen molar-refractivity contribution in [2.75, 3.05) is 13.1 Å². The highest BCUT2D eigenvalue weighted by molar-refractivity contribution is 5.82. The Hall–Kier alpha value is -1.36. The average Bonchev–Trinajstić information content (AvgIpc) is 3.04. The molecule has 5 heteroatoms. The molecule has 2 aliphatic carbocycles. The summed E-state index contributed by atoms with van der Waals surface area (Å²) in [4.78, 5) is 23.1. The van der Waals surface area contributed by atoms with Gasteiger partial charge in [-0.1, -0.05) is 19.8 Å². The molecule has 2 saturated carbocycles. The molecule has 3 aliphatic rings. The van der Waals surface area contributed by atoms with E-state index in [1.54, 1.807) is 6.33 Å². The molecule has 23 heavy (non-hydrogen) atoms. The van der Waals surface area contributed by atoms with Crippen LogP contribution in [0, 0.1) is 5.92 Å². The topological polar surface area (TPSA) is 61.0 Å². The first kappa shape index (κ1) is 15.2. The number of hydrogen-bond acceptors (Lipinski definition) is 3. The second-order valence-corrected chi connectivity index (χ2v) is 7.65. The molecular weight excluding hydrogens is 288 g/mol. The van der Waals surface area contributed by atoms with E-state index in [-0.39, 0.29) is 11.6 Å². The molecule has 0 radical (unpaired) electrons. The normalized spacial score (nSPS) is 25.5. The van der Waals surface area contributed by atoms with E-state index in [9.17, 15) is 4.79 Å². The second-order valence-electron chi connectivity index (χ2n) is 7.65. The van der Waals surface area contributed by atoms with E-state index in [1.165, 1.54) is 37.1 Å². The van der Waals surface area contributed by atoms with Crippen LogP contribution in [0.25, 0.3) is 0 Å².